The number of rotatable bonds is 6. The van der Waals surface area contributed by atoms with Gasteiger partial charge in [-0.1, -0.05) is 6.92 Å². The van der Waals surface area contributed by atoms with Crippen LogP contribution in [0.3, 0.4) is 0 Å². The molecule has 0 bridgehead atoms. The van der Waals surface area contributed by atoms with Crippen LogP contribution in [0.2, 0.25) is 0 Å². The fourth-order valence-corrected chi connectivity index (χ4v) is 4.21. The van der Waals surface area contributed by atoms with Crippen LogP contribution in [0.1, 0.15) is 43.9 Å². The highest BCUT2D eigenvalue weighted by Crippen LogP contribution is 2.23. The van der Waals surface area contributed by atoms with E-state index in [9.17, 15) is 8.78 Å². The summed E-state index contributed by atoms with van der Waals surface area (Å²) in [6.45, 7) is 10.5. The average molecular weight is 355 g/mol. The Labute approximate surface area is 149 Å². The number of aryl methyl sites for hydroxylation is 1. The summed E-state index contributed by atoms with van der Waals surface area (Å²) in [6.07, 6.45) is 3.00. The predicted molar refractivity (Wildman–Crippen MR) is 94.8 cm³/mol. The number of alkyl halides is 2. The van der Waals surface area contributed by atoms with E-state index in [-0.39, 0.29) is 5.69 Å². The molecule has 25 heavy (non-hydrogen) atoms. The highest BCUT2D eigenvalue weighted by atomic mass is 19.3. The molecule has 0 aliphatic carbocycles. The van der Waals surface area contributed by atoms with Gasteiger partial charge >= 0.3 is 0 Å². The van der Waals surface area contributed by atoms with Gasteiger partial charge in [-0.05, 0) is 38.9 Å². The van der Waals surface area contributed by atoms with Gasteiger partial charge in [0, 0.05) is 57.6 Å². The molecule has 0 saturated carbocycles. The molecule has 2 aliphatic heterocycles. The molecule has 2 saturated heterocycles. The minimum atomic E-state index is -2.49. The lowest BCUT2D eigenvalue weighted by Gasteiger charge is -2.42. The van der Waals surface area contributed by atoms with Crippen LogP contribution in [0, 0.1) is 0 Å². The monoisotopic (exact) mass is 355 g/mol. The Balaban J connectivity index is 1.46. The van der Waals surface area contributed by atoms with E-state index < -0.39 is 6.43 Å². The number of nitrogens with zero attached hydrogens (tertiary/aromatic N) is 5. The Kier molecular flexibility index (Phi) is 6.41. The zero-order valence-electron chi connectivity index (χ0n) is 15.5. The molecule has 0 aromatic carbocycles. The fourth-order valence-electron chi connectivity index (χ4n) is 4.21. The van der Waals surface area contributed by atoms with Crippen molar-refractivity contribution in [2.24, 2.45) is 7.05 Å². The lowest BCUT2D eigenvalue weighted by molar-refractivity contribution is 0.0561. The molecular formula is C18H31F2N5. The van der Waals surface area contributed by atoms with Gasteiger partial charge in [0.2, 0.25) is 0 Å². The van der Waals surface area contributed by atoms with Crippen molar-refractivity contribution < 1.29 is 8.78 Å². The van der Waals surface area contributed by atoms with Gasteiger partial charge < -0.3 is 4.90 Å². The first-order valence-electron chi connectivity index (χ1n) is 9.56. The van der Waals surface area contributed by atoms with Crippen molar-refractivity contribution in [1.29, 1.82) is 0 Å². The van der Waals surface area contributed by atoms with Crippen LogP contribution in [-0.4, -0.2) is 76.3 Å². The largest absolute Gasteiger partial charge is 0.303 e. The Bertz CT molecular complexity index is 532. The van der Waals surface area contributed by atoms with E-state index in [4.69, 9.17) is 0 Å². The van der Waals surface area contributed by atoms with Crippen LogP contribution in [-0.2, 0) is 13.6 Å². The van der Waals surface area contributed by atoms with E-state index in [1.165, 1.54) is 43.6 Å². The van der Waals surface area contributed by atoms with Gasteiger partial charge in [-0.25, -0.2) is 8.78 Å². The van der Waals surface area contributed by atoms with Crippen LogP contribution in [0.5, 0.6) is 0 Å². The van der Waals surface area contributed by atoms with E-state index in [1.807, 2.05) is 0 Å². The second kappa shape index (κ2) is 8.56. The summed E-state index contributed by atoms with van der Waals surface area (Å²) in [6, 6.07) is 0.699. The average Bonchev–Trinajstić information content (AvgIpc) is 2.97. The Hall–Kier alpha value is -1.05. The van der Waals surface area contributed by atoms with E-state index in [2.05, 4.69) is 26.7 Å². The third-order valence-corrected chi connectivity index (χ3v) is 5.56. The Morgan fingerprint density at radius 3 is 2.36 bits per heavy atom. The standard InChI is InChI=1S/C18H31F2N5/c1-3-6-23-7-4-16(5-8-23)25-11-9-24(10-12-25)14-15-13-22(2)21-17(15)18(19)20/h13,16,18H,3-12,14H2,1-2H3. The summed E-state index contributed by atoms with van der Waals surface area (Å²) < 4.78 is 27.7. The normalized spacial score (nSPS) is 22.1. The van der Waals surface area contributed by atoms with Crippen LogP contribution in [0.15, 0.2) is 6.20 Å². The molecule has 0 N–H and O–H groups in total. The van der Waals surface area contributed by atoms with Crippen molar-refractivity contribution in [2.45, 2.75) is 45.2 Å². The Morgan fingerprint density at radius 1 is 1.08 bits per heavy atom. The first-order chi connectivity index (χ1) is 12.1. The maximum absolute atomic E-state index is 13.1. The van der Waals surface area contributed by atoms with E-state index in [0.29, 0.717) is 18.2 Å². The lowest BCUT2D eigenvalue weighted by Crippen LogP contribution is -2.53. The second-order valence-corrected chi connectivity index (χ2v) is 7.40. The highest BCUT2D eigenvalue weighted by molar-refractivity contribution is 5.18. The van der Waals surface area contributed by atoms with E-state index >= 15 is 0 Å². The maximum atomic E-state index is 13.1. The minimum absolute atomic E-state index is 0.0618. The van der Waals surface area contributed by atoms with Gasteiger partial charge in [-0.3, -0.25) is 14.5 Å². The van der Waals surface area contributed by atoms with Crippen molar-refractivity contribution >= 4 is 0 Å². The Morgan fingerprint density at radius 2 is 1.76 bits per heavy atom. The second-order valence-electron chi connectivity index (χ2n) is 7.40. The summed E-state index contributed by atoms with van der Waals surface area (Å²) in [5.74, 6) is 0. The smallest absolute Gasteiger partial charge is 0.282 e. The summed E-state index contributed by atoms with van der Waals surface area (Å²) >= 11 is 0. The number of piperazine rings is 1. The topological polar surface area (TPSA) is 27.5 Å². The van der Waals surface area contributed by atoms with Gasteiger partial charge in [-0.2, -0.15) is 5.10 Å². The van der Waals surface area contributed by atoms with Crippen LogP contribution in [0.25, 0.3) is 0 Å². The lowest BCUT2D eigenvalue weighted by atomic mass is 10.0. The van der Waals surface area contributed by atoms with Crippen LogP contribution < -0.4 is 0 Å². The van der Waals surface area contributed by atoms with E-state index in [1.54, 1.807) is 13.2 Å². The van der Waals surface area contributed by atoms with Gasteiger partial charge in [0.05, 0.1) is 0 Å². The summed E-state index contributed by atoms with van der Waals surface area (Å²) in [7, 11) is 1.71. The molecule has 0 unspecified atom stereocenters. The third kappa shape index (κ3) is 4.77. The molecule has 3 rings (SSSR count). The quantitative estimate of drug-likeness (QED) is 0.783. The molecule has 7 heteroatoms. The number of piperidine rings is 1. The zero-order chi connectivity index (χ0) is 17.8. The maximum Gasteiger partial charge on any atom is 0.282 e. The molecule has 0 spiro atoms. The number of likely N-dealkylation sites (tertiary alicyclic amines) is 1. The van der Waals surface area contributed by atoms with E-state index in [0.717, 1.165) is 26.2 Å². The first kappa shape index (κ1) is 18.7. The van der Waals surface area contributed by atoms with Crippen LogP contribution >= 0.6 is 0 Å². The number of aromatic nitrogens is 2. The molecule has 2 aliphatic rings. The molecule has 3 heterocycles. The van der Waals surface area contributed by atoms with Gasteiger partial charge in [-0.15, -0.1) is 0 Å². The molecule has 1 aromatic rings. The molecule has 0 atom stereocenters. The van der Waals surface area contributed by atoms with Crippen molar-refractivity contribution in [1.82, 2.24) is 24.5 Å². The fraction of sp³-hybridized carbons (Fsp3) is 0.833. The summed E-state index contributed by atoms with van der Waals surface area (Å²) in [5, 5.41) is 3.91. The highest BCUT2D eigenvalue weighted by Gasteiger charge is 2.28. The molecule has 142 valence electrons. The molecule has 1 aromatic heterocycles. The molecule has 0 amide bonds. The van der Waals surface area contributed by atoms with Gasteiger partial charge in [0.25, 0.3) is 6.43 Å². The van der Waals surface area contributed by atoms with Crippen molar-refractivity contribution in [3.05, 3.63) is 17.5 Å². The number of halogens is 2. The zero-order valence-corrected chi connectivity index (χ0v) is 15.5. The predicted octanol–water partition coefficient (Wildman–Crippen LogP) is 2.35. The van der Waals surface area contributed by atoms with Crippen molar-refractivity contribution in [3.63, 3.8) is 0 Å². The SMILES string of the molecule is CCCN1CCC(N2CCN(Cc3cn(C)nc3C(F)F)CC2)CC1. The number of hydrogen-bond acceptors (Lipinski definition) is 4. The molecule has 0 radical (unpaired) electrons. The minimum Gasteiger partial charge on any atom is -0.303 e. The first-order valence-corrected chi connectivity index (χ1v) is 9.56. The number of hydrogen-bond donors (Lipinski definition) is 0. The summed E-state index contributed by atoms with van der Waals surface area (Å²) in [5.41, 5.74) is 0.604. The van der Waals surface area contributed by atoms with Crippen molar-refractivity contribution in [2.75, 3.05) is 45.8 Å². The van der Waals surface area contributed by atoms with Gasteiger partial charge in [0.1, 0.15) is 5.69 Å². The third-order valence-electron chi connectivity index (χ3n) is 5.56. The van der Waals surface area contributed by atoms with Gasteiger partial charge in [0.15, 0.2) is 0 Å². The van der Waals surface area contributed by atoms with Crippen molar-refractivity contribution in [3.8, 4) is 0 Å². The molecular weight excluding hydrogens is 324 g/mol. The van der Waals surface area contributed by atoms with Crippen LogP contribution in [0.4, 0.5) is 8.78 Å². The summed E-state index contributed by atoms with van der Waals surface area (Å²) in [4.78, 5) is 7.46. The molecule has 5 nitrogen and oxygen atoms in total. The molecule has 2 fully saturated rings.